The molecule has 0 unspecified atom stereocenters. The molecular weight excluding hydrogens is 262 g/mol. The highest BCUT2D eigenvalue weighted by molar-refractivity contribution is 7.88. The molecule has 5 heteroatoms. The van der Waals surface area contributed by atoms with Crippen molar-refractivity contribution >= 4 is 10.0 Å². The van der Waals surface area contributed by atoms with Crippen LogP contribution in [0, 0.1) is 0 Å². The smallest absolute Gasteiger partial charge is 0.215 e. The Morgan fingerprint density at radius 1 is 1.11 bits per heavy atom. The fraction of sp³-hybridized carbons (Fsp3) is 0.571. The van der Waals surface area contributed by atoms with Crippen LogP contribution in [-0.2, 0) is 15.8 Å². The highest BCUT2D eigenvalue weighted by Gasteiger charge is 2.30. The third kappa shape index (κ3) is 4.60. The third-order valence-corrected chi connectivity index (χ3v) is 4.90. The van der Waals surface area contributed by atoms with Gasteiger partial charge in [-0.25, -0.2) is 13.1 Å². The molecule has 0 aliphatic heterocycles. The Morgan fingerprint density at radius 2 is 1.74 bits per heavy atom. The lowest BCUT2D eigenvalue weighted by Gasteiger charge is -2.32. The standard InChI is InChI=1S/C14H21NO3S/c16-14(9-5-2-6-10-14)12-15-19(17,18)11-13-7-3-1-4-8-13/h1,3-4,7-8,15-16H,2,5-6,9-12H2. The molecule has 0 spiro atoms. The average Bonchev–Trinajstić information content (AvgIpc) is 2.38. The van der Waals surface area contributed by atoms with E-state index in [4.69, 9.17) is 0 Å². The van der Waals surface area contributed by atoms with E-state index in [1.807, 2.05) is 18.2 Å². The first kappa shape index (κ1) is 14.5. The quantitative estimate of drug-likeness (QED) is 0.866. The minimum atomic E-state index is -3.38. The van der Waals surface area contributed by atoms with Crippen LogP contribution in [0.25, 0.3) is 0 Å². The number of aliphatic hydroxyl groups is 1. The molecule has 0 heterocycles. The van der Waals surface area contributed by atoms with Crippen LogP contribution < -0.4 is 4.72 Å². The van der Waals surface area contributed by atoms with Crippen molar-refractivity contribution in [2.45, 2.75) is 43.5 Å². The summed E-state index contributed by atoms with van der Waals surface area (Å²) in [6.07, 6.45) is 4.43. The Bertz CT molecular complexity index is 493. The van der Waals surface area contributed by atoms with Crippen molar-refractivity contribution in [2.75, 3.05) is 6.54 Å². The summed E-state index contributed by atoms with van der Waals surface area (Å²) < 4.78 is 26.5. The molecule has 0 bridgehead atoms. The molecule has 0 aromatic heterocycles. The first-order valence-corrected chi connectivity index (χ1v) is 8.38. The Labute approximate surface area is 114 Å². The van der Waals surface area contributed by atoms with Gasteiger partial charge in [0, 0.05) is 6.54 Å². The molecule has 19 heavy (non-hydrogen) atoms. The summed E-state index contributed by atoms with van der Waals surface area (Å²) in [5.41, 5.74) is -0.104. The van der Waals surface area contributed by atoms with E-state index in [2.05, 4.69) is 4.72 Å². The van der Waals surface area contributed by atoms with Gasteiger partial charge in [-0.1, -0.05) is 49.6 Å². The van der Waals surface area contributed by atoms with Gasteiger partial charge in [-0.05, 0) is 18.4 Å². The number of hydrogen-bond donors (Lipinski definition) is 2. The largest absolute Gasteiger partial charge is 0.389 e. The lowest BCUT2D eigenvalue weighted by atomic mass is 9.85. The van der Waals surface area contributed by atoms with Gasteiger partial charge in [0.15, 0.2) is 0 Å². The number of rotatable bonds is 5. The summed E-state index contributed by atoms with van der Waals surface area (Å²) in [5.74, 6) is -0.0378. The monoisotopic (exact) mass is 283 g/mol. The third-order valence-electron chi connectivity index (χ3n) is 3.60. The summed E-state index contributed by atoms with van der Waals surface area (Å²) >= 11 is 0. The van der Waals surface area contributed by atoms with Gasteiger partial charge in [-0.15, -0.1) is 0 Å². The molecule has 1 aromatic carbocycles. The molecule has 2 rings (SSSR count). The van der Waals surface area contributed by atoms with E-state index in [0.717, 1.165) is 24.8 Å². The zero-order valence-corrected chi connectivity index (χ0v) is 11.8. The minimum absolute atomic E-state index is 0.0378. The maximum absolute atomic E-state index is 12.0. The molecular formula is C14H21NO3S. The molecule has 4 nitrogen and oxygen atoms in total. The van der Waals surface area contributed by atoms with Crippen molar-refractivity contribution in [3.8, 4) is 0 Å². The summed E-state index contributed by atoms with van der Waals surface area (Å²) in [6, 6.07) is 9.07. The van der Waals surface area contributed by atoms with E-state index in [1.54, 1.807) is 12.1 Å². The molecule has 0 saturated heterocycles. The SMILES string of the molecule is O=S(=O)(Cc1ccccc1)NCC1(O)CCCCC1. The molecule has 106 valence electrons. The second-order valence-corrected chi connectivity index (χ2v) is 7.16. The van der Waals surface area contributed by atoms with Crippen LogP contribution in [0.15, 0.2) is 30.3 Å². The van der Waals surface area contributed by atoms with Crippen LogP contribution in [0.5, 0.6) is 0 Å². The fourth-order valence-corrected chi connectivity index (χ4v) is 3.70. The summed E-state index contributed by atoms with van der Waals surface area (Å²) in [5, 5.41) is 10.3. The number of sulfonamides is 1. The summed E-state index contributed by atoms with van der Waals surface area (Å²) in [6.45, 7) is 0.127. The number of hydrogen-bond acceptors (Lipinski definition) is 3. The Hall–Kier alpha value is -0.910. The second kappa shape index (κ2) is 6.03. The molecule has 1 aliphatic rings. The van der Waals surface area contributed by atoms with Crippen LogP contribution in [0.2, 0.25) is 0 Å². The van der Waals surface area contributed by atoms with Gasteiger partial charge in [-0.3, -0.25) is 0 Å². The molecule has 0 radical (unpaired) electrons. The molecule has 1 fully saturated rings. The Kier molecular flexibility index (Phi) is 4.60. The molecule has 1 saturated carbocycles. The first-order valence-electron chi connectivity index (χ1n) is 6.73. The van der Waals surface area contributed by atoms with E-state index >= 15 is 0 Å². The second-order valence-electron chi connectivity index (χ2n) is 5.35. The maximum Gasteiger partial charge on any atom is 0.215 e. The Balaban J connectivity index is 1.91. The lowest BCUT2D eigenvalue weighted by molar-refractivity contribution is 0.00944. The van der Waals surface area contributed by atoms with Crippen LogP contribution in [-0.4, -0.2) is 25.7 Å². The normalized spacial score (nSPS) is 19.2. The van der Waals surface area contributed by atoms with E-state index in [1.165, 1.54) is 0 Å². The highest BCUT2D eigenvalue weighted by atomic mass is 32.2. The first-order chi connectivity index (χ1) is 8.99. The molecule has 2 N–H and O–H groups in total. The van der Waals surface area contributed by atoms with Gasteiger partial charge < -0.3 is 5.11 Å². The van der Waals surface area contributed by atoms with Gasteiger partial charge in [0.25, 0.3) is 0 Å². The van der Waals surface area contributed by atoms with E-state index in [0.29, 0.717) is 12.8 Å². The average molecular weight is 283 g/mol. The van der Waals surface area contributed by atoms with Crippen LogP contribution in [0.1, 0.15) is 37.7 Å². The zero-order valence-electron chi connectivity index (χ0n) is 11.0. The van der Waals surface area contributed by atoms with Crippen molar-refractivity contribution in [2.24, 2.45) is 0 Å². The zero-order chi connectivity index (χ0) is 13.8. The minimum Gasteiger partial charge on any atom is -0.389 e. The Morgan fingerprint density at radius 3 is 2.37 bits per heavy atom. The number of nitrogens with one attached hydrogen (secondary N) is 1. The van der Waals surface area contributed by atoms with E-state index in [9.17, 15) is 13.5 Å². The van der Waals surface area contributed by atoms with Crippen molar-refractivity contribution in [3.63, 3.8) is 0 Å². The highest BCUT2D eigenvalue weighted by Crippen LogP contribution is 2.27. The van der Waals surface area contributed by atoms with Crippen molar-refractivity contribution in [1.82, 2.24) is 4.72 Å². The maximum atomic E-state index is 12.0. The van der Waals surface area contributed by atoms with Crippen molar-refractivity contribution < 1.29 is 13.5 Å². The molecule has 1 aliphatic carbocycles. The molecule has 0 amide bonds. The topological polar surface area (TPSA) is 66.4 Å². The van der Waals surface area contributed by atoms with Crippen LogP contribution in [0.4, 0.5) is 0 Å². The summed E-state index contributed by atoms with van der Waals surface area (Å²) in [4.78, 5) is 0. The van der Waals surface area contributed by atoms with Gasteiger partial charge >= 0.3 is 0 Å². The predicted octanol–water partition coefficient (Wildman–Crippen LogP) is 1.80. The molecule has 0 atom stereocenters. The lowest BCUT2D eigenvalue weighted by Crippen LogP contribution is -2.44. The fourth-order valence-electron chi connectivity index (χ4n) is 2.48. The van der Waals surface area contributed by atoms with Gasteiger partial charge in [0.05, 0.1) is 11.4 Å². The predicted molar refractivity (Wildman–Crippen MR) is 75.1 cm³/mol. The van der Waals surface area contributed by atoms with Gasteiger partial charge in [0.2, 0.25) is 10.0 Å². The van der Waals surface area contributed by atoms with Crippen molar-refractivity contribution in [1.29, 1.82) is 0 Å². The van der Waals surface area contributed by atoms with Crippen LogP contribution >= 0.6 is 0 Å². The molecule has 1 aromatic rings. The van der Waals surface area contributed by atoms with Gasteiger partial charge in [-0.2, -0.15) is 0 Å². The van der Waals surface area contributed by atoms with Crippen LogP contribution in [0.3, 0.4) is 0 Å². The van der Waals surface area contributed by atoms with Gasteiger partial charge in [0.1, 0.15) is 0 Å². The van der Waals surface area contributed by atoms with E-state index in [-0.39, 0.29) is 12.3 Å². The summed E-state index contributed by atoms with van der Waals surface area (Å²) in [7, 11) is -3.38. The van der Waals surface area contributed by atoms with E-state index < -0.39 is 15.6 Å². The number of benzene rings is 1. The van der Waals surface area contributed by atoms with Crippen molar-refractivity contribution in [3.05, 3.63) is 35.9 Å².